The van der Waals surface area contributed by atoms with Crippen LogP contribution in [0.15, 0.2) is 48.5 Å². The number of amides is 1. The molecule has 1 unspecified atom stereocenters. The third kappa shape index (κ3) is 5.28. The molecule has 5 nitrogen and oxygen atoms in total. The Morgan fingerprint density at radius 1 is 1.00 bits per heavy atom. The van der Waals surface area contributed by atoms with Gasteiger partial charge in [-0.25, -0.2) is 0 Å². The molecule has 164 valence electrons. The Morgan fingerprint density at radius 3 is 2.29 bits per heavy atom. The van der Waals surface area contributed by atoms with Gasteiger partial charge in [0, 0.05) is 37.7 Å². The molecule has 2 aromatic carbocycles. The highest BCUT2D eigenvalue weighted by atomic mass is 35.5. The highest BCUT2D eigenvalue weighted by Gasteiger charge is 2.43. The molecule has 6 heteroatoms. The van der Waals surface area contributed by atoms with E-state index in [1.54, 1.807) is 12.1 Å². The predicted molar refractivity (Wildman–Crippen MR) is 121 cm³/mol. The fourth-order valence-corrected chi connectivity index (χ4v) is 4.57. The lowest BCUT2D eigenvalue weighted by Gasteiger charge is -2.36. The molecule has 0 spiro atoms. The highest BCUT2D eigenvalue weighted by Crippen LogP contribution is 2.37. The Kier molecular flexibility index (Phi) is 6.93. The highest BCUT2D eigenvalue weighted by molar-refractivity contribution is 6.30. The maximum atomic E-state index is 13.2. The lowest BCUT2D eigenvalue weighted by molar-refractivity contribution is -0.142. The number of esters is 1. The first-order valence-electron chi connectivity index (χ1n) is 11.1. The van der Waals surface area contributed by atoms with E-state index in [1.165, 1.54) is 11.1 Å². The number of carbonyl (C=O) groups is 2. The number of carbonyl (C=O) groups excluding carboxylic acids is 2. The smallest absolute Gasteiger partial charge is 0.307 e. The van der Waals surface area contributed by atoms with Crippen molar-refractivity contribution in [2.75, 3.05) is 26.2 Å². The van der Waals surface area contributed by atoms with Gasteiger partial charge in [0.1, 0.15) is 6.10 Å². The summed E-state index contributed by atoms with van der Waals surface area (Å²) in [5, 5.41) is 0.618. The van der Waals surface area contributed by atoms with E-state index < -0.39 is 12.0 Å². The molecule has 0 aliphatic carbocycles. The molecule has 4 rings (SSSR count). The first-order valence-corrected chi connectivity index (χ1v) is 11.4. The summed E-state index contributed by atoms with van der Waals surface area (Å²) in [6.45, 7) is 6.09. The first-order chi connectivity index (χ1) is 15.0. The van der Waals surface area contributed by atoms with Gasteiger partial charge in [-0.3, -0.25) is 14.5 Å². The quantitative estimate of drug-likeness (QED) is 0.630. The van der Waals surface area contributed by atoms with Crippen LogP contribution in [-0.4, -0.2) is 47.9 Å². The summed E-state index contributed by atoms with van der Waals surface area (Å²) in [5.41, 5.74) is 3.50. The van der Waals surface area contributed by atoms with E-state index in [0.717, 1.165) is 38.0 Å². The van der Waals surface area contributed by atoms with Crippen LogP contribution in [0.3, 0.4) is 0 Å². The summed E-state index contributed by atoms with van der Waals surface area (Å²) in [7, 11) is 0. The first kappa shape index (κ1) is 21.8. The van der Waals surface area contributed by atoms with Gasteiger partial charge in [-0.2, -0.15) is 0 Å². The number of aryl methyl sites for hydroxylation is 1. The number of piperazine rings is 1. The Labute approximate surface area is 188 Å². The molecule has 2 aromatic rings. The largest absolute Gasteiger partial charge is 0.457 e. The van der Waals surface area contributed by atoms with E-state index in [-0.39, 0.29) is 18.3 Å². The standard InChI is InChI=1S/C25H29ClN2O3/c1-2-3-18-4-6-19(7-5-18)17-27-12-14-28(15-13-27)25(30)22-16-23(29)31-24(22)20-8-10-21(26)11-9-20/h4-11,22,24H,2-3,12-17H2,1H3/t22-,24?/m0/s1. The maximum absolute atomic E-state index is 13.2. The molecule has 2 fully saturated rings. The third-order valence-electron chi connectivity index (χ3n) is 6.18. The second-order valence-corrected chi connectivity index (χ2v) is 8.88. The Bertz CT molecular complexity index is 905. The van der Waals surface area contributed by atoms with Crippen molar-refractivity contribution in [1.29, 1.82) is 0 Å². The van der Waals surface area contributed by atoms with Crippen molar-refractivity contribution in [2.24, 2.45) is 5.92 Å². The minimum absolute atomic E-state index is 0.00867. The molecule has 0 aromatic heterocycles. The average molecular weight is 441 g/mol. The summed E-state index contributed by atoms with van der Waals surface area (Å²) in [6, 6.07) is 16.0. The Balaban J connectivity index is 1.34. The molecule has 0 saturated carbocycles. The number of rotatable bonds is 6. The van der Waals surface area contributed by atoms with Crippen molar-refractivity contribution in [3.63, 3.8) is 0 Å². The van der Waals surface area contributed by atoms with Gasteiger partial charge in [-0.05, 0) is 35.2 Å². The van der Waals surface area contributed by atoms with E-state index in [1.807, 2.05) is 17.0 Å². The second-order valence-electron chi connectivity index (χ2n) is 8.44. The third-order valence-corrected chi connectivity index (χ3v) is 6.43. The van der Waals surface area contributed by atoms with Crippen LogP contribution in [0.2, 0.25) is 5.02 Å². The van der Waals surface area contributed by atoms with Gasteiger partial charge in [0.15, 0.2) is 0 Å². The van der Waals surface area contributed by atoms with Gasteiger partial charge in [0.05, 0.1) is 12.3 Å². The molecule has 2 heterocycles. The molecule has 0 radical (unpaired) electrons. The fourth-order valence-electron chi connectivity index (χ4n) is 4.45. The molecular formula is C25H29ClN2O3. The van der Waals surface area contributed by atoms with Crippen LogP contribution < -0.4 is 0 Å². The summed E-state index contributed by atoms with van der Waals surface area (Å²) in [6.07, 6.45) is 1.88. The Hall–Kier alpha value is -2.37. The van der Waals surface area contributed by atoms with E-state index in [2.05, 4.69) is 36.1 Å². The molecule has 2 atom stereocenters. The minimum atomic E-state index is -0.531. The van der Waals surface area contributed by atoms with Crippen molar-refractivity contribution < 1.29 is 14.3 Å². The lowest BCUT2D eigenvalue weighted by atomic mass is 9.93. The van der Waals surface area contributed by atoms with Crippen LogP contribution in [0.25, 0.3) is 0 Å². The van der Waals surface area contributed by atoms with E-state index in [0.29, 0.717) is 18.1 Å². The molecule has 2 aliphatic rings. The van der Waals surface area contributed by atoms with Crippen molar-refractivity contribution in [3.05, 3.63) is 70.2 Å². The van der Waals surface area contributed by atoms with E-state index in [9.17, 15) is 9.59 Å². The van der Waals surface area contributed by atoms with Gasteiger partial charge < -0.3 is 9.64 Å². The SMILES string of the molecule is CCCc1ccc(CN2CCN(C(=O)[C@H]3CC(=O)OC3c3ccc(Cl)cc3)CC2)cc1. The topological polar surface area (TPSA) is 49.9 Å². The average Bonchev–Trinajstić information content (AvgIpc) is 3.17. The van der Waals surface area contributed by atoms with Crippen LogP contribution in [0.5, 0.6) is 0 Å². The van der Waals surface area contributed by atoms with Crippen LogP contribution >= 0.6 is 11.6 Å². The number of hydrogen-bond donors (Lipinski definition) is 0. The van der Waals surface area contributed by atoms with Crippen LogP contribution in [0.4, 0.5) is 0 Å². The van der Waals surface area contributed by atoms with Gasteiger partial charge in [0.2, 0.25) is 5.91 Å². The molecule has 31 heavy (non-hydrogen) atoms. The molecule has 2 saturated heterocycles. The maximum Gasteiger partial charge on any atom is 0.307 e. The van der Waals surface area contributed by atoms with Gasteiger partial charge in [-0.1, -0.05) is 61.3 Å². The van der Waals surface area contributed by atoms with Crippen LogP contribution in [0, 0.1) is 5.92 Å². The number of halogens is 1. The normalized spacial score (nSPS) is 21.9. The second kappa shape index (κ2) is 9.84. The van der Waals surface area contributed by atoms with Crippen molar-refractivity contribution >= 4 is 23.5 Å². The molecule has 2 aliphatic heterocycles. The van der Waals surface area contributed by atoms with Gasteiger partial charge >= 0.3 is 5.97 Å². The lowest BCUT2D eigenvalue weighted by Crippen LogP contribution is -2.50. The summed E-state index contributed by atoms with van der Waals surface area (Å²) in [4.78, 5) is 29.5. The van der Waals surface area contributed by atoms with Crippen LogP contribution in [-0.2, 0) is 27.3 Å². The van der Waals surface area contributed by atoms with Gasteiger partial charge in [-0.15, -0.1) is 0 Å². The zero-order valence-corrected chi connectivity index (χ0v) is 18.7. The zero-order valence-electron chi connectivity index (χ0n) is 17.9. The summed E-state index contributed by atoms with van der Waals surface area (Å²) in [5.74, 6) is -0.774. The van der Waals surface area contributed by atoms with Crippen LogP contribution in [0.1, 0.15) is 42.6 Å². The number of nitrogens with zero attached hydrogens (tertiary/aromatic N) is 2. The van der Waals surface area contributed by atoms with Crippen molar-refractivity contribution in [3.8, 4) is 0 Å². The summed E-state index contributed by atoms with van der Waals surface area (Å²) >= 11 is 5.97. The number of benzene rings is 2. The molecular weight excluding hydrogens is 412 g/mol. The molecule has 1 amide bonds. The molecule has 0 N–H and O–H groups in total. The van der Waals surface area contributed by atoms with Crippen molar-refractivity contribution in [2.45, 2.75) is 38.8 Å². The Morgan fingerprint density at radius 2 is 1.65 bits per heavy atom. The number of cyclic esters (lactones) is 1. The molecule has 0 bridgehead atoms. The number of hydrogen-bond acceptors (Lipinski definition) is 4. The monoisotopic (exact) mass is 440 g/mol. The minimum Gasteiger partial charge on any atom is -0.457 e. The predicted octanol–water partition coefficient (Wildman–Crippen LogP) is 4.24. The van der Waals surface area contributed by atoms with Gasteiger partial charge in [0.25, 0.3) is 0 Å². The summed E-state index contributed by atoms with van der Waals surface area (Å²) < 4.78 is 5.50. The van der Waals surface area contributed by atoms with Crippen molar-refractivity contribution in [1.82, 2.24) is 9.80 Å². The fraction of sp³-hybridized carbons (Fsp3) is 0.440. The van der Waals surface area contributed by atoms with E-state index in [4.69, 9.17) is 16.3 Å². The zero-order chi connectivity index (χ0) is 21.8. The van der Waals surface area contributed by atoms with E-state index >= 15 is 0 Å². The number of ether oxygens (including phenoxy) is 1.